The number of nitrogens with zero attached hydrogens (tertiary/aromatic N) is 3. The summed E-state index contributed by atoms with van der Waals surface area (Å²) in [4.78, 5) is 16.1. The third kappa shape index (κ3) is 6.40. The van der Waals surface area contributed by atoms with Crippen molar-refractivity contribution in [3.05, 3.63) is 234 Å². The Morgan fingerprint density at radius 1 is 0.424 bits per heavy atom. The van der Waals surface area contributed by atoms with E-state index in [0.717, 1.165) is 78.4 Å². The van der Waals surface area contributed by atoms with Gasteiger partial charge in [-0.1, -0.05) is 182 Å². The van der Waals surface area contributed by atoms with Gasteiger partial charge in [0, 0.05) is 48.1 Å². The summed E-state index contributed by atoms with van der Waals surface area (Å²) in [6.45, 7) is 0. The van der Waals surface area contributed by atoms with Gasteiger partial charge in [0.25, 0.3) is 0 Å². The number of hydrogen-bond donors (Lipinski definition) is 2. The molecule has 0 fully saturated rings. The highest BCUT2D eigenvalue weighted by Crippen LogP contribution is 2.46. The van der Waals surface area contributed by atoms with Crippen molar-refractivity contribution in [3.8, 4) is 11.1 Å². The molecule has 3 heterocycles. The van der Waals surface area contributed by atoms with E-state index in [1.807, 2.05) is 35.6 Å². The molecular formula is C53H37N5S. The molecule has 6 heteroatoms. The van der Waals surface area contributed by atoms with Gasteiger partial charge >= 0.3 is 0 Å². The van der Waals surface area contributed by atoms with Gasteiger partial charge in [-0.25, -0.2) is 9.98 Å². The van der Waals surface area contributed by atoms with Crippen molar-refractivity contribution in [1.29, 1.82) is 0 Å². The Morgan fingerprint density at radius 3 is 1.61 bits per heavy atom. The molecule has 2 aliphatic heterocycles. The molecule has 0 radical (unpaired) electrons. The number of fused-ring (bicyclic) bond motifs is 4. The standard InChI is InChI=1S/C53H37N5S/c1-5-17-34(18-6-1)44-33-45(55-50(54-44)35-19-7-2-8-20-35)41-30-29-40(38-25-13-14-26-39(38)41)42-31-32-47-48(43-27-15-16-28-46(43)59-47)49(42)53-57-51(36-21-9-3-10-22-36)56-52(58-53)37-23-11-4-12-24-37/h1-33,50,53,55H,(H,56,57,58). The first-order valence-electron chi connectivity index (χ1n) is 19.9. The van der Waals surface area contributed by atoms with E-state index in [9.17, 15) is 0 Å². The van der Waals surface area contributed by atoms with Gasteiger partial charge in [-0.2, -0.15) is 0 Å². The van der Waals surface area contributed by atoms with Gasteiger partial charge in [-0.15, -0.1) is 11.3 Å². The molecule has 2 aliphatic rings. The normalized spacial score (nSPS) is 15.6. The van der Waals surface area contributed by atoms with Crippen LogP contribution in [0, 0.1) is 0 Å². The van der Waals surface area contributed by atoms with Crippen LogP contribution in [0.15, 0.2) is 215 Å². The number of rotatable bonds is 7. The predicted octanol–water partition coefficient (Wildman–Crippen LogP) is 12.5. The lowest BCUT2D eigenvalue weighted by molar-refractivity contribution is 0.664. The van der Waals surface area contributed by atoms with Gasteiger partial charge in [0.05, 0.1) is 5.71 Å². The minimum Gasteiger partial charge on any atom is -0.359 e. The zero-order valence-corrected chi connectivity index (χ0v) is 32.8. The molecule has 2 N–H and O–H groups in total. The number of aliphatic imine (C=N–C) groups is 3. The van der Waals surface area contributed by atoms with E-state index in [0.29, 0.717) is 0 Å². The Kier molecular flexibility index (Phi) is 8.75. The monoisotopic (exact) mass is 775 g/mol. The molecule has 59 heavy (non-hydrogen) atoms. The van der Waals surface area contributed by atoms with Crippen molar-refractivity contribution in [1.82, 2.24) is 10.6 Å². The van der Waals surface area contributed by atoms with Crippen molar-refractivity contribution < 1.29 is 0 Å². The minimum atomic E-state index is -0.518. The van der Waals surface area contributed by atoms with Crippen LogP contribution in [0.3, 0.4) is 0 Å². The number of nitrogens with one attached hydrogen (secondary N) is 2. The molecule has 0 spiro atoms. The van der Waals surface area contributed by atoms with Gasteiger partial charge in [-0.3, -0.25) is 4.99 Å². The quantitative estimate of drug-likeness (QED) is 0.169. The highest BCUT2D eigenvalue weighted by Gasteiger charge is 2.28. The van der Waals surface area contributed by atoms with Gasteiger partial charge in [0.2, 0.25) is 0 Å². The SMILES string of the molecule is C1=C(c2ccc(-c3ccc4sc5ccccc5c4c3C3N=C(c4ccccc4)NC(c4ccccc4)=N3)c3ccccc23)NC(c2ccccc2)N=C1c1ccccc1. The highest BCUT2D eigenvalue weighted by molar-refractivity contribution is 7.25. The number of benzene rings is 8. The van der Waals surface area contributed by atoms with Crippen LogP contribution in [0.4, 0.5) is 0 Å². The first-order chi connectivity index (χ1) is 29.2. The lowest BCUT2D eigenvalue weighted by Gasteiger charge is -2.27. The van der Waals surface area contributed by atoms with E-state index in [1.165, 1.54) is 20.2 Å². The molecular weight excluding hydrogens is 739 g/mol. The summed E-state index contributed by atoms with van der Waals surface area (Å²) in [6, 6.07) is 68.3. The van der Waals surface area contributed by atoms with Crippen LogP contribution in [0.25, 0.3) is 47.8 Å². The third-order valence-corrected chi connectivity index (χ3v) is 12.3. The van der Waals surface area contributed by atoms with E-state index in [1.54, 1.807) is 0 Å². The Balaban J connectivity index is 1.13. The maximum Gasteiger partial charge on any atom is 0.171 e. The Hall–Kier alpha value is -7.41. The first kappa shape index (κ1) is 34.8. The number of amidine groups is 2. The summed E-state index contributed by atoms with van der Waals surface area (Å²) < 4.78 is 2.46. The summed E-state index contributed by atoms with van der Waals surface area (Å²) in [5.41, 5.74) is 10.7. The second kappa shape index (κ2) is 14.8. The molecule has 0 saturated carbocycles. The van der Waals surface area contributed by atoms with Crippen molar-refractivity contribution in [2.45, 2.75) is 12.3 Å². The zero-order chi connectivity index (χ0) is 39.1. The highest BCUT2D eigenvalue weighted by atomic mass is 32.1. The fraction of sp³-hybridized carbons (Fsp3) is 0.0377. The van der Waals surface area contributed by atoms with Crippen molar-refractivity contribution in [2.24, 2.45) is 15.0 Å². The van der Waals surface area contributed by atoms with E-state index in [4.69, 9.17) is 15.0 Å². The lowest BCUT2D eigenvalue weighted by atomic mass is 9.88. The van der Waals surface area contributed by atoms with Gasteiger partial charge in [0.1, 0.15) is 17.8 Å². The van der Waals surface area contributed by atoms with Crippen molar-refractivity contribution in [3.63, 3.8) is 0 Å². The van der Waals surface area contributed by atoms with E-state index in [-0.39, 0.29) is 6.17 Å². The molecule has 1 aromatic heterocycles. The average Bonchev–Trinajstić information content (AvgIpc) is 3.70. The van der Waals surface area contributed by atoms with E-state index < -0.39 is 6.17 Å². The largest absolute Gasteiger partial charge is 0.359 e. The van der Waals surface area contributed by atoms with Crippen LogP contribution >= 0.6 is 11.3 Å². The van der Waals surface area contributed by atoms with Crippen molar-refractivity contribution >= 4 is 65.4 Å². The van der Waals surface area contributed by atoms with Crippen LogP contribution in [-0.4, -0.2) is 17.4 Å². The Bertz CT molecular complexity index is 3090. The van der Waals surface area contributed by atoms with Crippen LogP contribution in [0.2, 0.25) is 0 Å². The van der Waals surface area contributed by atoms with Crippen LogP contribution in [0.1, 0.15) is 45.7 Å². The van der Waals surface area contributed by atoms with Crippen LogP contribution in [-0.2, 0) is 0 Å². The maximum absolute atomic E-state index is 5.46. The summed E-state index contributed by atoms with van der Waals surface area (Å²) in [5, 5.41) is 12.1. The second-order valence-corrected chi connectivity index (χ2v) is 15.9. The molecule has 9 aromatic rings. The van der Waals surface area contributed by atoms with Gasteiger partial charge in [-0.05, 0) is 51.2 Å². The van der Waals surface area contributed by atoms with Crippen LogP contribution in [0.5, 0.6) is 0 Å². The van der Waals surface area contributed by atoms with Crippen molar-refractivity contribution in [2.75, 3.05) is 0 Å². The number of hydrogen-bond acceptors (Lipinski definition) is 6. The fourth-order valence-corrected chi connectivity index (χ4v) is 9.55. The average molecular weight is 776 g/mol. The molecule has 280 valence electrons. The minimum absolute atomic E-state index is 0.237. The molecule has 11 rings (SSSR count). The zero-order valence-electron chi connectivity index (χ0n) is 32.0. The smallest absolute Gasteiger partial charge is 0.171 e. The second-order valence-electron chi connectivity index (χ2n) is 14.8. The number of allylic oxidation sites excluding steroid dienone is 1. The molecule has 0 amide bonds. The molecule has 1 atom stereocenters. The molecule has 0 aliphatic carbocycles. The van der Waals surface area contributed by atoms with E-state index in [2.05, 4.69) is 187 Å². The molecule has 1 unspecified atom stereocenters. The van der Waals surface area contributed by atoms with Gasteiger partial charge in [0.15, 0.2) is 6.17 Å². The molecule has 0 bridgehead atoms. The predicted molar refractivity (Wildman–Crippen MR) is 247 cm³/mol. The molecule has 5 nitrogen and oxygen atoms in total. The fourth-order valence-electron chi connectivity index (χ4n) is 8.43. The first-order valence-corrected chi connectivity index (χ1v) is 20.7. The van der Waals surface area contributed by atoms with Crippen LogP contribution < -0.4 is 10.6 Å². The van der Waals surface area contributed by atoms with E-state index >= 15 is 0 Å². The Labute approximate surface area is 346 Å². The number of thiophene rings is 1. The lowest BCUT2D eigenvalue weighted by Crippen LogP contribution is -2.36. The topological polar surface area (TPSA) is 61.1 Å². The molecule has 8 aromatic carbocycles. The summed E-state index contributed by atoms with van der Waals surface area (Å²) >= 11 is 1.82. The van der Waals surface area contributed by atoms with Gasteiger partial charge < -0.3 is 10.6 Å². The summed E-state index contributed by atoms with van der Waals surface area (Å²) in [7, 11) is 0. The molecule has 0 saturated heterocycles. The maximum atomic E-state index is 5.46. The summed E-state index contributed by atoms with van der Waals surface area (Å²) in [5.74, 6) is 1.60. The third-order valence-electron chi connectivity index (χ3n) is 11.2. The summed E-state index contributed by atoms with van der Waals surface area (Å²) in [6.07, 6.45) is 1.44. The Morgan fingerprint density at radius 2 is 0.949 bits per heavy atom.